The van der Waals surface area contributed by atoms with Crippen LogP contribution in [0.4, 0.5) is 0 Å². The summed E-state index contributed by atoms with van der Waals surface area (Å²) in [6.45, 7) is 2.33. The molecule has 4 nitrogen and oxygen atoms in total. The van der Waals surface area contributed by atoms with E-state index in [1.54, 1.807) is 0 Å². The Labute approximate surface area is 110 Å². The Morgan fingerprint density at radius 2 is 2.00 bits per heavy atom. The van der Waals surface area contributed by atoms with Crippen LogP contribution in [-0.4, -0.2) is 31.7 Å². The summed E-state index contributed by atoms with van der Waals surface area (Å²) < 4.78 is 5.51. The standard InChI is InChI=1S/C14H26N2O2/c15-8-7-11-3-5-12(6-4-11)14(17)16-10-13-2-1-9-18-13/h11-13H,1-10,15H2,(H,16,17). The van der Waals surface area contributed by atoms with Gasteiger partial charge in [-0.2, -0.15) is 0 Å². The molecule has 4 heteroatoms. The molecule has 1 saturated carbocycles. The molecule has 1 saturated heterocycles. The monoisotopic (exact) mass is 254 g/mol. The zero-order chi connectivity index (χ0) is 12.8. The molecule has 0 aromatic heterocycles. The third-order valence-electron chi connectivity index (χ3n) is 4.32. The van der Waals surface area contributed by atoms with E-state index in [-0.39, 0.29) is 17.9 Å². The van der Waals surface area contributed by atoms with E-state index in [9.17, 15) is 4.79 Å². The highest BCUT2D eigenvalue weighted by molar-refractivity contribution is 5.78. The minimum atomic E-state index is 0.223. The number of hydrogen-bond acceptors (Lipinski definition) is 3. The average molecular weight is 254 g/mol. The topological polar surface area (TPSA) is 64.4 Å². The van der Waals surface area contributed by atoms with Crippen molar-refractivity contribution in [3.8, 4) is 0 Å². The molecule has 0 aromatic rings. The first kappa shape index (κ1) is 13.8. The van der Waals surface area contributed by atoms with Gasteiger partial charge >= 0.3 is 0 Å². The van der Waals surface area contributed by atoms with E-state index >= 15 is 0 Å². The van der Waals surface area contributed by atoms with Crippen LogP contribution in [0.3, 0.4) is 0 Å². The van der Waals surface area contributed by atoms with E-state index < -0.39 is 0 Å². The number of amides is 1. The van der Waals surface area contributed by atoms with Crippen LogP contribution in [0.25, 0.3) is 0 Å². The summed E-state index contributed by atoms with van der Waals surface area (Å²) in [6.07, 6.45) is 7.97. The van der Waals surface area contributed by atoms with Gasteiger partial charge in [0.1, 0.15) is 0 Å². The van der Waals surface area contributed by atoms with E-state index in [4.69, 9.17) is 10.5 Å². The molecule has 0 bridgehead atoms. The number of nitrogens with two attached hydrogens (primary N) is 1. The van der Waals surface area contributed by atoms with Crippen molar-refractivity contribution in [1.82, 2.24) is 5.32 Å². The average Bonchev–Trinajstić information content (AvgIpc) is 2.90. The van der Waals surface area contributed by atoms with E-state index in [0.29, 0.717) is 6.54 Å². The predicted octanol–water partition coefficient (Wildman–Crippen LogP) is 1.44. The van der Waals surface area contributed by atoms with Gasteiger partial charge in [-0.25, -0.2) is 0 Å². The van der Waals surface area contributed by atoms with Crippen molar-refractivity contribution in [2.45, 2.75) is 51.0 Å². The fourth-order valence-electron chi connectivity index (χ4n) is 3.11. The van der Waals surface area contributed by atoms with Crippen molar-refractivity contribution in [1.29, 1.82) is 0 Å². The van der Waals surface area contributed by atoms with E-state index in [1.165, 1.54) is 0 Å². The van der Waals surface area contributed by atoms with Crippen molar-refractivity contribution in [2.24, 2.45) is 17.6 Å². The predicted molar refractivity (Wildman–Crippen MR) is 71.1 cm³/mol. The molecule has 0 radical (unpaired) electrons. The largest absolute Gasteiger partial charge is 0.376 e. The fraction of sp³-hybridized carbons (Fsp3) is 0.929. The maximum atomic E-state index is 12.0. The molecule has 2 aliphatic rings. The van der Waals surface area contributed by atoms with Gasteiger partial charge in [0, 0.05) is 19.1 Å². The number of ether oxygens (including phenoxy) is 1. The second-order valence-corrected chi connectivity index (χ2v) is 5.68. The minimum Gasteiger partial charge on any atom is -0.376 e. The quantitative estimate of drug-likeness (QED) is 0.780. The van der Waals surface area contributed by atoms with Gasteiger partial charge in [-0.05, 0) is 57.4 Å². The third kappa shape index (κ3) is 3.95. The second kappa shape index (κ2) is 7.10. The van der Waals surface area contributed by atoms with Crippen LogP contribution in [-0.2, 0) is 9.53 Å². The normalized spacial score (nSPS) is 32.4. The van der Waals surface area contributed by atoms with Crippen LogP contribution in [0.1, 0.15) is 44.9 Å². The molecule has 0 aromatic carbocycles. The third-order valence-corrected chi connectivity index (χ3v) is 4.32. The molecule has 1 amide bonds. The molecular formula is C14H26N2O2. The highest BCUT2D eigenvalue weighted by atomic mass is 16.5. The zero-order valence-corrected chi connectivity index (χ0v) is 11.2. The smallest absolute Gasteiger partial charge is 0.223 e. The van der Waals surface area contributed by atoms with Gasteiger partial charge in [-0.3, -0.25) is 4.79 Å². The maximum absolute atomic E-state index is 12.0. The Balaban J connectivity index is 1.64. The van der Waals surface area contributed by atoms with E-state index in [2.05, 4.69) is 5.32 Å². The van der Waals surface area contributed by atoms with Crippen molar-refractivity contribution in [3.05, 3.63) is 0 Å². The van der Waals surface area contributed by atoms with Gasteiger partial charge < -0.3 is 15.8 Å². The molecule has 1 heterocycles. The summed E-state index contributed by atoms with van der Waals surface area (Å²) in [5.41, 5.74) is 5.58. The number of carbonyl (C=O) groups excluding carboxylic acids is 1. The molecular weight excluding hydrogens is 228 g/mol. The Morgan fingerprint density at radius 1 is 1.22 bits per heavy atom. The van der Waals surface area contributed by atoms with E-state index in [1.807, 2.05) is 0 Å². The van der Waals surface area contributed by atoms with E-state index in [0.717, 1.165) is 64.0 Å². The first-order valence-electron chi connectivity index (χ1n) is 7.39. The highest BCUT2D eigenvalue weighted by Crippen LogP contribution is 2.30. The first-order valence-corrected chi connectivity index (χ1v) is 7.39. The number of rotatable bonds is 5. The molecule has 0 spiro atoms. The lowest BCUT2D eigenvalue weighted by Gasteiger charge is -2.27. The molecule has 1 atom stereocenters. The Morgan fingerprint density at radius 3 is 2.61 bits per heavy atom. The first-order chi connectivity index (χ1) is 8.79. The molecule has 1 aliphatic carbocycles. The number of hydrogen-bond donors (Lipinski definition) is 2. The molecule has 18 heavy (non-hydrogen) atoms. The Hall–Kier alpha value is -0.610. The summed E-state index contributed by atoms with van der Waals surface area (Å²) in [4.78, 5) is 12.0. The van der Waals surface area contributed by atoms with Gasteiger partial charge in [0.2, 0.25) is 5.91 Å². The van der Waals surface area contributed by atoms with Gasteiger partial charge in [-0.1, -0.05) is 0 Å². The zero-order valence-electron chi connectivity index (χ0n) is 11.2. The number of nitrogens with one attached hydrogen (secondary N) is 1. The van der Waals surface area contributed by atoms with Crippen LogP contribution < -0.4 is 11.1 Å². The summed E-state index contributed by atoms with van der Waals surface area (Å²) >= 11 is 0. The van der Waals surface area contributed by atoms with Gasteiger partial charge in [-0.15, -0.1) is 0 Å². The molecule has 2 rings (SSSR count). The van der Waals surface area contributed by atoms with Crippen molar-refractivity contribution in [2.75, 3.05) is 19.7 Å². The van der Waals surface area contributed by atoms with Crippen LogP contribution >= 0.6 is 0 Å². The SMILES string of the molecule is NCCC1CCC(C(=O)NCC2CCCO2)CC1. The number of carbonyl (C=O) groups is 1. The van der Waals surface area contributed by atoms with Crippen LogP contribution in [0, 0.1) is 11.8 Å². The molecule has 1 unspecified atom stereocenters. The lowest BCUT2D eigenvalue weighted by molar-refractivity contribution is -0.126. The fourth-order valence-corrected chi connectivity index (χ4v) is 3.11. The summed E-state index contributed by atoms with van der Waals surface area (Å²) in [7, 11) is 0. The van der Waals surface area contributed by atoms with Gasteiger partial charge in [0.15, 0.2) is 0 Å². The lowest BCUT2D eigenvalue weighted by atomic mass is 9.80. The highest BCUT2D eigenvalue weighted by Gasteiger charge is 2.26. The van der Waals surface area contributed by atoms with Crippen LogP contribution in [0.5, 0.6) is 0 Å². The minimum absolute atomic E-state index is 0.223. The van der Waals surface area contributed by atoms with Gasteiger partial charge in [0.05, 0.1) is 6.10 Å². The van der Waals surface area contributed by atoms with Crippen molar-refractivity contribution >= 4 is 5.91 Å². The van der Waals surface area contributed by atoms with Gasteiger partial charge in [0.25, 0.3) is 0 Å². The molecule has 3 N–H and O–H groups in total. The Bertz CT molecular complexity index is 257. The van der Waals surface area contributed by atoms with Crippen LogP contribution in [0.15, 0.2) is 0 Å². The molecule has 2 fully saturated rings. The Kier molecular flexibility index (Phi) is 5.45. The maximum Gasteiger partial charge on any atom is 0.223 e. The van der Waals surface area contributed by atoms with Crippen molar-refractivity contribution < 1.29 is 9.53 Å². The van der Waals surface area contributed by atoms with Crippen molar-refractivity contribution in [3.63, 3.8) is 0 Å². The summed E-state index contributed by atoms with van der Waals surface area (Å²) in [5.74, 6) is 1.20. The molecule has 104 valence electrons. The lowest BCUT2D eigenvalue weighted by Crippen LogP contribution is -2.37. The summed E-state index contributed by atoms with van der Waals surface area (Å²) in [5, 5.41) is 3.05. The summed E-state index contributed by atoms with van der Waals surface area (Å²) in [6, 6.07) is 0. The molecule has 1 aliphatic heterocycles. The van der Waals surface area contributed by atoms with Crippen LogP contribution in [0.2, 0.25) is 0 Å². The second-order valence-electron chi connectivity index (χ2n) is 5.68.